The monoisotopic (exact) mass is 476 g/mol. The number of nitrogens with zero attached hydrogens (tertiary/aromatic N) is 1. The Balaban J connectivity index is 1.78. The van der Waals surface area contributed by atoms with Crippen LogP contribution in [0.3, 0.4) is 0 Å². The van der Waals surface area contributed by atoms with E-state index in [9.17, 15) is 10.1 Å². The second-order valence-electron chi connectivity index (χ2n) is 6.79. The number of ether oxygens (including phenoxy) is 2. The lowest BCUT2D eigenvalue weighted by atomic mass is 10.0. The van der Waals surface area contributed by atoms with Gasteiger partial charge in [0.2, 0.25) is 0 Å². The standard InChI is InChI=1S/C25H21BrN2O3/c1-17-4-3-5-22(12-17)28-25(29)16-31-24-11-8-21(26)14-19(24)13-20(15-27)18-6-9-23(30-2)10-7-18/h3-14H,16H2,1-2H3,(H,28,29)/b20-13+. The highest BCUT2D eigenvalue weighted by Gasteiger charge is 2.10. The molecular weight excluding hydrogens is 456 g/mol. The number of carbonyl (C=O) groups excluding carboxylic acids is 1. The molecule has 0 aliphatic carbocycles. The SMILES string of the molecule is COc1ccc(/C(C#N)=C/c2cc(Br)ccc2OCC(=O)Nc2cccc(C)c2)cc1. The molecule has 3 aromatic carbocycles. The first-order valence-electron chi connectivity index (χ1n) is 9.53. The van der Waals surface area contributed by atoms with Gasteiger partial charge in [-0.3, -0.25) is 4.79 Å². The van der Waals surface area contributed by atoms with Gasteiger partial charge in [-0.05, 0) is 78.7 Å². The van der Waals surface area contributed by atoms with Crippen molar-refractivity contribution in [3.63, 3.8) is 0 Å². The van der Waals surface area contributed by atoms with Crippen LogP contribution in [0.25, 0.3) is 11.6 Å². The number of anilines is 1. The van der Waals surface area contributed by atoms with Crippen LogP contribution in [0.4, 0.5) is 5.69 Å². The van der Waals surface area contributed by atoms with Crippen LogP contribution in [0.1, 0.15) is 16.7 Å². The lowest BCUT2D eigenvalue weighted by Crippen LogP contribution is -2.20. The van der Waals surface area contributed by atoms with Crippen molar-refractivity contribution in [1.29, 1.82) is 5.26 Å². The minimum Gasteiger partial charge on any atom is -0.497 e. The van der Waals surface area contributed by atoms with Crippen LogP contribution in [0.5, 0.6) is 11.5 Å². The van der Waals surface area contributed by atoms with Crippen molar-refractivity contribution >= 4 is 39.2 Å². The summed E-state index contributed by atoms with van der Waals surface area (Å²) >= 11 is 3.45. The lowest BCUT2D eigenvalue weighted by Gasteiger charge is -2.11. The molecule has 6 heteroatoms. The normalized spacial score (nSPS) is 10.8. The molecule has 0 aliphatic rings. The van der Waals surface area contributed by atoms with E-state index >= 15 is 0 Å². The summed E-state index contributed by atoms with van der Waals surface area (Å²) in [6.45, 7) is 1.81. The van der Waals surface area contributed by atoms with Crippen molar-refractivity contribution in [1.82, 2.24) is 0 Å². The molecule has 5 nitrogen and oxygen atoms in total. The Hall–Kier alpha value is -3.56. The zero-order valence-electron chi connectivity index (χ0n) is 17.2. The summed E-state index contributed by atoms with van der Waals surface area (Å²) in [6, 6.07) is 22.5. The number of methoxy groups -OCH3 is 1. The average molecular weight is 477 g/mol. The van der Waals surface area contributed by atoms with Gasteiger partial charge in [-0.25, -0.2) is 0 Å². The van der Waals surface area contributed by atoms with Crippen LogP contribution in [0, 0.1) is 18.3 Å². The third kappa shape index (κ3) is 6.21. The number of rotatable bonds is 7. The zero-order chi connectivity index (χ0) is 22.2. The van der Waals surface area contributed by atoms with E-state index in [0.717, 1.165) is 21.3 Å². The van der Waals surface area contributed by atoms with E-state index in [1.165, 1.54) is 0 Å². The van der Waals surface area contributed by atoms with Gasteiger partial charge in [0, 0.05) is 15.7 Å². The van der Waals surface area contributed by atoms with E-state index in [4.69, 9.17) is 9.47 Å². The highest BCUT2D eigenvalue weighted by molar-refractivity contribution is 9.10. The maximum Gasteiger partial charge on any atom is 0.262 e. The van der Waals surface area contributed by atoms with Crippen molar-refractivity contribution in [2.45, 2.75) is 6.92 Å². The molecule has 0 saturated heterocycles. The van der Waals surface area contributed by atoms with E-state index in [1.807, 2.05) is 55.5 Å². The molecule has 156 valence electrons. The molecule has 1 amide bonds. The molecule has 0 aromatic heterocycles. The van der Waals surface area contributed by atoms with Gasteiger partial charge in [0.1, 0.15) is 11.5 Å². The topological polar surface area (TPSA) is 71.3 Å². The Morgan fingerprint density at radius 1 is 1.13 bits per heavy atom. The van der Waals surface area contributed by atoms with Crippen LogP contribution < -0.4 is 14.8 Å². The summed E-state index contributed by atoms with van der Waals surface area (Å²) in [6.07, 6.45) is 1.74. The molecule has 0 saturated carbocycles. The van der Waals surface area contributed by atoms with Crippen LogP contribution in [0.15, 0.2) is 71.2 Å². The van der Waals surface area contributed by atoms with E-state index in [1.54, 1.807) is 31.4 Å². The Kier molecular flexibility index (Phi) is 7.47. The van der Waals surface area contributed by atoms with Crippen molar-refractivity contribution < 1.29 is 14.3 Å². The maximum absolute atomic E-state index is 12.3. The Morgan fingerprint density at radius 3 is 2.58 bits per heavy atom. The van der Waals surface area contributed by atoms with Crippen LogP contribution in [-0.4, -0.2) is 19.6 Å². The average Bonchev–Trinajstić information content (AvgIpc) is 2.77. The van der Waals surface area contributed by atoms with Crippen molar-refractivity contribution in [2.75, 3.05) is 19.0 Å². The fourth-order valence-corrected chi connectivity index (χ4v) is 3.31. The number of benzene rings is 3. The first kappa shape index (κ1) is 22.1. The summed E-state index contributed by atoms with van der Waals surface area (Å²) < 4.78 is 11.8. The third-order valence-corrected chi connectivity index (χ3v) is 4.95. The first-order valence-corrected chi connectivity index (χ1v) is 10.3. The smallest absolute Gasteiger partial charge is 0.262 e. The molecule has 0 spiro atoms. The number of hydrogen-bond donors (Lipinski definition) is 1. The first-order chi connectivity index (χ1) is 15.0. The molecule has 0 atom stereocenters. The second kappa shape index (κ2) is 10.5. The number of allylic oxidation sites excluding steroid dienone is 1. The molecule has 3 aromatic rings. The highest BCUT2D eigenvalue weighted by atomic mass is 79.9. The molecule has 0 heterocycles. The minimum absolute atomic E-state index is 0.152. The maximum atomic E-state index is 12.3. The summed E-state index contributed by atoms with van der Waals surface area (Å²) in [5.41, 5.74) is 3.68. The number of nitriles is 1. The van der Waals surface area contributed by atoms with Gasteiger partial charge in [-0.1, -0.05) is 28.1 Å². The van der Waals surface area contributed by atoms with E-state index in [-0.39, 0.29) is 12.5 Å². The minimum atomic E-state index is -0.265. The third-order valence-electron chi connectivity index (χ3n) is 4.45. The molecule has 0 fully saturated rings. The summed E-state index contributed by atoms with van der Waals surface area (Å²) in [5.74, 6) is 0.954. The Morgan fingerprint density at radius 2 is 1.90 bits per heavy atom. The van der Waals surface area contributed by atoms with Crippen molar-refractivity contribution in [3.05, 3.63) is 87.9 Å². The number of aryl methyl sites for hydroxylation is 1. The molecule has 0 radical (unpaired) electrons. The number of nitrogens with one attached hydrogen (secondary N) is 1. The highest BCUT2D eigenvalue weighted by Crippen LogP contribution is 2.28. The molecule has 0 aliphatic heterocycles. The Labute approximate surface area is 190 Å². The van der Waals surface area contributed by atoms with Gasteiger partial charge >= 0.3 is 0 Å². The van der Waals surface area contributed by atoms with Crippen molar-refractivity contribution in [3.8, 4) is 17.6 Å². The number of halogens is 1. The lowest BCUT2D eigenvalue weighted by molar-refractivity contribution is -0.118. The van der Waals surface area contributed by atoms with Gasteiger partial charge < -0.3 is 14.8 Å². The summed E-state index contributed by atoms with van der Waals surface area (Å²) in [4.78, 5) is 12.3. The molecule has 0 bridgehead atoms. The largest absolute Gasteiger partial charge is 0.497 e. The molecule has 31 heavy (non-hydrogen) atoms. The van der Waals surface area contributed by atoms with Crippen molar-refractivity contribution in [2.24, 2.45) is 0 Å². The predicted octanol–water partition coefficient (Wildman–Crippen LogP) is 5.85. The number of hydrogen-bond acceptors (Lipinski definition) is 4. The zero-order valence-corrected chi connectivity index (χ0v) is 18.8. The second-order valence-corrected chi connectivity index (χ2v) is 7.70. The summed E-state index contributed by atoms with van der Waals surface area (Å²) in [7, 11) is 1.59. The van der Waals surface area contributed by atoms with Crippen LogP contribution in [-0.2, 0) is 4.79 Å². The number of carbonyl (C=O) groups is 1. The van der Waals surface area contributed by atoms with Crippen LogP contribution >= 0.6 is 15.9 Å². The van der Waals surface area contributed by atoms with Gasteiger partial charge in [-0.2, -0.15) is 5.26 Å². The quantitative estimate of drug-likeness (QED) is 0.343. The van der Waals surface area contributed by atoms with Crippen LogP contribution in [0.2, 0.25) is 0 Å². The number of amides is 1. The molecule has 0 unspecified atom stereocenters. The van der Waals surface area contributed by atoms with Gasteiger partial charge in [-0.15, -0.1) is 0 Å². The van der Waals surface area contributed by atoms with Gasteiger partial charge in [0.15, 0.2) is 6.61 Å². The van der Waals surface area contributed by atoms with Gasteiger partial charge in [0.05, 0.1) is 18.8 Å². The summed E-state index contributed by atoms with van der Waals surface area (Å²) in [5, 5.41) is 12.5. The van der Waals surface area contributed by atoms with E-state index in [0.29, 0.717) is 22.6 Å². The van der Waals surface area contributed by atoms with E-state index < -0.39 is 0 Å². The molecule has 3 rings (SSSR count). The predicted molar refractivity (Wildman–Crippen MR) is 126 cm³/mol. The molecular formula is C25H21BrN2O3. The fraction of sp³-hybridized carbons (Fsp3) is 0.120. The van der Waals surface area contributed by atoms with E-state index in [2.05, 4.69) is 27.3 Å². The Bertz CT molecular complexity index is 1150. The van der Waals surface area contributed by atoms with Gasteiger partial charge in [0.25, 0.3) is 5.91 Å². The fourth-order valence-electron chi connectivity index (χ4n) is 2.93. The molecule has 1 N–H and O–H groups in total.